The monoisotopic (exact) mass is 275 g/mol. The van der Waals surface area contributed by atoms with Crippen LogP contribution in [0.2, 0.25) is 0 Å². The quantitative estimate of drug-likeness (QED) is 0.636. The Labute approximate surface area is 102 Å². The van der Waals surface area contributed by atoms with E-state index in [4.69, 9.17) is 0 Å². The molecule has 0 aliphatic carbocycles. The molecule has 80 valence electrons. The summed E-state index contributed by atoms with van der Waals surface area (Å²) in [5.41, 5.74) is 1.51. The molecule has 0 spiro atoms. The number of aromatic nitrogens is 1. The van der Waals surface area contributed by atoms with E-state index in [2.05, 4.69) is 20.9 Å². The van der Waals surface area contributed by atoms with Gasteiger partial charge >= 0.3 is 0 Å². The summed E-state index contributed by atoms with van der Waals surface area (Å²) in [6.45, 7) is 0. The number of Topliss-reactive ketones (excluding diaryl/α,β-unsaturated/α-hetero) is 1. The summed E-state index contributed by atoms with van der Waals surface area (Å²) in [5.74, 6) is 0.0891. The Morgan fingerprint density at radius 3 is 2.50 bits per heavy atom. The Hall–Kier alpha value is -1.48. The standard InChI is InChI=1S/C13H10BrNO/c14-13-8-4-7-11(15-13)9-12(16)10-5-2-1-3-6-10/h1-8H,9H2. The van der Waals surface area contributed by atoms with Crippen molar-refractivity contribution in [2.24, 2.45) is 0 Å². The van der Waals surface area contributed by atoms with Gasteiger partial charge in [0.25, 0.3) is 0 Å². The van der Waals surface area contributed by atoms with Crippen molar-refractivity contribution in [2.45, 2.75) is 6.42 Å². The molecule has 0 saturated heterocycles. The minimum atomic E-state index is 0.0891. The number of carbonyl (C=O) groups is 1. The van der Waals surface area contributed by atoms with Gasteiger partial charge in [-0.15, -0.1) is 0 Å². The number of carbonyl (C=O) groups excluding carboxylic acids is 1. The maximum absolute atomic E-state index is 11.9. The molecule has 2 nitrogen and oxygen atoms in total. The van der Waals surface area contributed by atoms with Crippen LogP contribution in [-0.4, -0.2) is 10.8 Å². The molecule has 0 aliphatic rings. The molecule has 2 aromatic rings. The number of halogens is 1. The molecule has 3 heteroatoms. The largest absolute Gasteiger partial charge is 0.294 e. The van der Waals surface area contributed by atoms with Crippen LogP contribution in [0, 0.1) is 0 Å². The average Bonchev–Trinajstić information content (AvgIpc) is 2.30. The second-order valence-electron chi connectivity index (χ2n) is 3.42. The van der Waals surface area contributed by atoms with Crippen LogP contribution in [0.5, 0.6) is 0 Å². The lowest BCUT2D eigenvalue weighted by molar-refractivity contribution is 0.0992. The SMILES string of the molecule is O=C(Cc1cccc(Br)n1)c1ccccc1. The molecule has 0 N–H and O–H groups in total. The Morgan fingerprint density at radius 1 is 1.06 bits per heavy atom. The van der Waals surface area contributed by atoms with Crippen LogP contribution in [0.25, 0.3) is 0 Å². The molecule has 0 fully saturated rings. The van der Waals surface area contributed by atoms with Crippen LogP contribution in [0.4, 0.5) is 0 Å². The van der Waals surface area contributed by atoms with Gasteiger partial charge in [0.2, 0.25) is 0 Å². The van der Waals surface area contributed by atoms with Crippen molar-refractivity contribution in [3.8, 4) is 0 Å². The topological polar surface area (TPSA) is 30.0 Å². The first-order chi connectivity index (χ1) is 7.75. The zero-order chi connectivity index (χ0) is 11.4. The molecule has 0 atom stereocenters. The maximum atomic E-state index is 11.9. The lowest BCUT2D eigenvalue weighted by Crippen LogP contribution is -2.04. The summed E-state index contributed by atoms with van der Waals surface area (Å²) < 4.78 is 0.755. The molecule has 0 radical (unpaired) electrons. The molecule has 0 bridgehead atoms. The van der Waals surface area contributed by atoms with Crippen molar-refractivity contribution in [3.05, 3.63) is 64.4 Å². The van der Waals surface area contributed by atoms with Gasteiger partial charge in [-0.2, -0.15) is 0 Å². The summed E-state index contributed by atoms with van der Waals surface area (Å²) in [5, 5.41) is 0. The zero-order valence-corrected chi connectivity index (χ0v) is 10.1. The third-order valence-electron chi connectivity index (χ3n) is 2.21. The van der Waals surface area contributed by atoms with E-state index in [1.54, 1.807) is 0 Å². The van der Waals surface area contributed by atoms with Crippen molar-refractivity contribution in [1.29, 1.82) is 0 Å². The van der Waals surface area contributed by atoms with Crippen LogP contribution in [0.3, 0.4) is 0 Å². The molecular weight excluding hydrogens is 266 g/mol. The lowest BCUT2D eigenvalue weighted by Gasteiger charge is -2.01. The van der Waals surface area contributed by atoms with Crippen molar-refractivity contribution < 1.29 is 4.79 Å². The molecule has 1 aromatic carbocycles. The summed E-state index contributed by atoms with van der Waals surface area (Å²) in [4.78, 5) is 16.1. The van der Waals surface area contributed by atoms with Crippen LogP contribution < -0.4 is 0 Å². The van der Waals surface area contributed by atoms with Crippen LogP contribution in [0.15, 0.2) is 53.1 Å². The van der Waals surface area contributed by atoms with Gasteiger partial charge in [0.15, 0.2) is 5.78 Å². The molecule has 0 aliphatic heterocycles. The van der Waals surface area contributed by atoms with E-state index in [0.717, 1.165) is 15.9 Å². The van der Waals surface area contributed by atoms with Gasteiger partial charge in [0.1, 0.15) is 4.60 Å². The van der Waals surface area contributed by atoms with Crippen molar-refractivity contribution >= 4 is 21.7 Å². The van der Waals surface area contributed by atoms with E-state index in [1.807, 2.05) is 48.5 Å². The van der Waals surface area contributed by atoms with Gasteiger partial charge in [-0.25, -0.2) is 4.98 Å². The first-order valence-electron chi connectivity index (χ1n) is 4.95. The Bertz CT molecular complexity index is 496. The predicted octanol–water partition coefficient (Wildman–Crippen LogP) is 3.27. The van der Waals surface area contributed by atoms with E-state index in [9.17, 15) is 4.79 Å². The summed E-state index contributed by atoms with van der Waals surface area (Å²) in [6, 6.07) is 14.8. The third-order valence-corrected chi connectivity index (χ3v) is 2.65. The maximum Gasteiger partial charge on any atom is 0.168 e. The number of rotatable bonds is 3. The first kappa shape index (κ1) is 11.0. The fourth-order valence-corrected chi connectivity index (χ4v) is 1.82. The van der Waals surface area contributed by atoms with Crippen LogP contribution in [0.1, 0.15) is 16.1 Å². The smallest absolute Gasteiger partial charge is 0.168 e. The van der Waals surface area contributed by atoms with Gasteiger partial charge < -0.3 is 0 Å². The van der Waals surface area contributed by atoms with Crippen molar-refractivity contribution in [1.82, 2.24) is 4.98 Å². The fraction of sp³-hybridized carbons (Fsp3) is 0.0769. The summed E-state index contributed by atoms with van der Waals surface area (Å²) in [6.07, 6.45) is 0.337. The third kappa shape index (κ3) is 2.76. The van der Waals surface area contributed by atoms with E-state index in [-0.39, 0.29) is 5.78 Å². The van der Waals surface area contributed by atoms with Gasteiger partial charge in [-0.05, 0) is 28.1 Å². The predicted molar refractivity (Wildman–Crippen MR) is 66.4 cm³/mol. The average molecular weight is 276 g/mol. The van der Waals surface area contributed by atoms with E-state index < -0.39 is 0 Å². The fourth-order valence-electron chi connectivity index (χ4n) is 1.44. The number of hydrogen-bond acceptors (Lipinski definition) is 2. The Kier molecular flexibility index (Phi) is 3.47. The van der Waals surface area contributed by atoms with E-state index >= 15 is 0 Å². The Morgan fingerprint density at radius 2 is 1.81 bits per heavy atom. The minimum Gasteiger partial charge on any atom is -0.294 e. The van der Waals surface area contributed by atoms with Gasteiger partial charge in [0.05, 0.1) is 6.42 Å². The summed E-state index contributed by atoms with van der Waals surface area (Å²) in [7, 11) is 0. The van der Waals surface area contributed by atoms with E-state index in [0.29, 0.717) is 6.42 Å². The highest BCUT2D eigenvalue weighted by atomic mass is 79.9. The van der Waals surface area contributed by atoms with Crippen molar-refractivity contribution in [2.75, 3.05) is 0 Å². The minimum absolute atomic E-state index is 0.0891. The number of benzene rings is 1. The number of hydrogen-bond donors (Lipinski definition) is 0. The molecule has 0 amide bonds. The van der Waals surface area contributed by atoms with Crippen LogP contribution >= 0.6 is 15.9 Å². The molecule has 2 rings (SSSR count). The highest BCUT2D eigenvalue weighted by Crippen LogP contribution is 2.09. The highest BCUT2D eigenvalue weighted by Gasteiger charge is 2.07. The van der Waals surface area contributed by atoms with E-state index in [1.165, 1.54) is 0 Å². The number of nitrogens with zero attached hydrogens (tertiary/aromatic N) is 1. The number of pyridine rings is 1. The Balaban J connectivity index is 2.14. The second-order valence-corrected chi connectivity index (χ2v) is 4.23. The molecular formula is C13H10BrNO. The van der Waals surface area contributed by atoms with Crippen molar-refractivity contribution in [3.63, 3.8) is 0 Å². The molecule has 0 saturated carbocycles. The van der Waals surface area contributed by atoms with Crippen LogP contribution in [-0.2, 0) is 6.42 Å². The second kappa shape index (κ2) is 5.03. The lowest BCUT2D eigenvalue weighted by atomic mass is 10.1. The number of ketones is 1. The molecule has 1 aromatic heterocycles. The molecule has 0 unspecified atom stereocenters. The molecule has 16 heavy (non-hydrogen) atoms. The first-order valence-corrected chi connectivity index (χ1v) is 5.75. The molecule has 1 heterocycles. The van der Waals surface area contributed by atoms with Gasteiger partial charge in [-0.1, -0.05) is 36.4 Å². The summed E-state index contributed by atoms with van der Waals surface area (Å²) >= 11 is 3.29. The normalized spacial score (nSPS) is 10.1. The zero-order valence-electron chi connectivity index (χ0n) is 8.56. The van der Waals surface area contributed by atoms with Gasteiger partial charge in [-0.3, -0.25) is 4.79 Å². The van der Waals surface area contributed by atoms with Gasteiger partial charge in [0, 0.05) is 11.3 Å². The highest BCUT2D eigenvalue weighted by molar-refractivity contribution is 9.10.